The molecule has 1 heterocycles. The molecule has 0 radical (unpaired) electrons. The lowest BCUT2D eigenvalue weighted by Gasteiger charge is -2.30. The lowest BCUT2D eigenvalue weighted by Crippen LogP contribution is -2.37. The molecule has 1 aliphatic rings. The monoisotopic (exact) mass is 369 g/mol. The zero-order valence-electron chi connectivity index (χ0n) is 16.8. The number of phenolic OH excluding ortho intramolecular Hbond substituents is 1. The van der Waals surface area contributed by atoms with Crippen LogP contribution in [0.4, 0.5) is 11.8 Å². The molecule has 6 heteroatoms. The minimum atomic E-state index is 0.408. The Kier molecular flexibility index (Phi) is 6.16. The number of phenols is 1. The van der Waals surface area contributed by atoms with Crippen molar-refractivity contribution in [3.63, 3.8) is 0 Å². The normalized spacial score (nSPS) is 19.7. The van der Waals surface area contributed by atoms with Crippen molar-refractivity contribution in [2.75, 3.05) is 24.3 Å². The third kappa shape index (κ3) is 5.10. The maximum atomic E-state index is 9.91. The summed E-state index contributed by atoms with van der Waals surface area (Å²) in [5.74, 6) is 2.04. The molecule has 3 N–H and O–H groups in total. The Balaban J connectivity index is 1.47. The number of hydrogen-bond acceptors (Lipinski definition) is 6. The number of benzene rings is 1. The zero-order chi connectivity index (χ0) is 19.4. The van der Waals surface area contributed by atoms with Crippen LogP contribution in [0.25, 0.3) is 0 Å². The fourth-order valence-corrected chi connectivity index (χ4v) is 3.70. The van der Waals surface area contributed by atoms with Crippen molar-refractivity contribution < 1.29 is 5.11 Å². The highest BCUT2D eigenvalue weighted by atomic mass is 16.3. The first-order valence-corrected chi connectivity index (χ1v) is 9.71. The van der Waals surface area contributed by atoms with Crippen molar-refractivity contribution in [1.29, 1.82) is 0 Å². The first-order chi connectivity index (χ1) is 12.9. The Morgan fingerprint density at radius 1 is 1.07 bits per heavy atom. The molecule has 3 rings (SSSR count). The van der Waals surface area contributed by atoms with Crippen molar-refractivity contribution in [3.8, 4) is 5.75 Å². The van der Waals surface area contributed by atoms with Gasteiger partial charge < -0.3 is 20.6 Å². The van der Waals surface area contributed by atoms with Crippen LogP contribution in [0.15, 0.2) is 24.4 Å². The van der Waals surface area contributed by atoms with Crippen LogP contribution >= 0.6 is 0 Å². The van der Waals surface area contributed by atoms with Crippen LogP contribution < -0.4 is 15.5 Å². The van der Waals surface area contributed by atoms with Gasteiger partial charge in [-0.1, -0.05) is 12.1 Å². The highest BCUT2D eigenvalue weighted by Crippen LogP contribution is 2.24. The molecular formula is C21H31N5O. The second-order valence-electron chi connectivity index (χ2n) is 7.78. The molecule has 0 atom stereocenters. The largest absolute Gasteiger partial charge is 0.507 e. The number of rotatable bonds is 6. The number of aromatic nitrogens is 2. The molecule has 0 saturated heterocycles. The predicted molar refractivity (Wildman–Crippen MR) is 110 cm³/mol. The molecule has 0 amide bonds. The standard InChI is InChI=1S/C21H31N5O/c1-14-11-16(12-15(2)20(14)27)13-23-17-5-7-18(8-6-17)24-21-22-10-9-19(25-21)26(3)4/h9-12,17-18,23,27H,5-8,13H2,1-4H3,(H,22,24,25)/t17-,18+. The fourth-order valence-electron chi connectivity index (χ4n) is 3.70. The lowest BCUT2D eigenvalue weighted by atomic mass is 9.91. The van der Waals surface area contributed by atoms with Gasteiger partial charge in [-0.3, -0.25) is 0 Å². The second kappa shape index (κ2) is 8.57. The van der Waals surface area contributed by atoms with Crippen LogP contribution in [0.2, 0.25) is 0 Å². The molecule has 6 nitrogen and oxygen atoms in total. The summed E-state index contributed by atoms with van der Waals surface area (Å²) in [4.78, 5) is 10.9. The minimum absolute atomic E-state index is 0.408. The van der Waals surface area contributed by atoms with Gasteiger partial charge >= 0.3 is 0 Å². The van der Waals surface area contributed by atoms with Crippen LogP contribution in [0, 0.1) is 13.8 Å². The number of nitrogens with one attached hydrogen (secondary N) is 2. The molecule has 0 bridgehead atoms. The van der Waals surface area contributed by atoms with E-state index < -0.39 is 0 Å². The highest BCUT2D eigenvalue weighted by molar-refractivity contribution is 5.42. The third-order valence-corrected chi connectivity index (χ3v) is 5.31. The Labute approximate surface area is 162 Å². The number of aromatic hydroxyl groups is 1. The maximum Gasteiger partial charge on any atom is 0.224 e. The van der Waals surface area contributed by atoms with E-state index in [4.69, 9.17) is 0 Å². The van der Waals surface area contributed by atoms with Crippen LogP contribution in [-0.2, 0) is 6.54 Å². The second-order valence-corrected chi connectivity index (χ2v) is 7.78. The Morgan fingerprint density at radius 3 is 2.33 bits per heavy atom. The smallest absolute Gasteiger partial charge is 0.224 e. The molecule has 0 spiro atoms. The predicted octanol–water partition coefficient (Wildman–Crippen LogP) is 3.38. The summed E-state index contributed by atoms with van der Waals surface area (Å²) in [6.45, 7) is 4.75. The SMILES string of the molecule is Cc1cc(CN[C@H]2CC[C@@H](Nc3nccc(N(C)C)n3)CC2)cc(C)c1O. The first kappa shape index (κ1) is 19.4. The molecule has 0 unspecified atom stereocenters. The van der Waals surface area contributed by atoms with Crippen molar-refractivity contribution in [3.05, 3.63) is 41.1 Å². The van der Waals surface area contributed by atoms with E-state index in [1.54, 1.807) is 6.20 Å². The van der Waals surface area contributed by atoms with E-state index in [0.29, 0.717) is 23.8 Å². The van der Waals surface area contributed by atoms with Gasteiger partial charge in [0, 0.05) is 38.9 Å². The van der Waals surface area contributed by atoms with Crippen molar-refractivity contribution in [2.45, 2.75) is 58.2 Å². The van der Waals surface area contributed by atoms with Crippen LogP contribution in [0.3, 0.4) is 0 Å². The van der Waals surface area contributed by atoms with Gasteiger partial charge in [-0.25, -0.2) is 4.98 Å². The summed E-state index contributed by atoms with van der Waals surface area (Å²) in [5.41, 5.74) is 3.12. The molecule has 0 aliphatic heterocycles. The van der Waals surface area contributed by atoms with Gasteiger partial charge in [0.1, 0.15) is 11.6 Å². The average molecular weight is 370 g/mol. The van der Waals surface area contributed by atoms with Crippen LogP contribution in [0.5, 0.6) is 5.75 Å². The quantitative estimate of drug-likeness (QED) is 0.725. The number of hydrogen-bond donors (Lipinski definition) is 3. The summed E-state index contributed by atoms with van der Waals surface area (Å²) in [7, 11) is 3.97. The fraction of sp³-hybridized carbons (Fsp3) is 0.524. The van der Waals surface area contributed by atoms with E-state index in [2.05, 4.69) is 32.7 Å². The molecule has 1 aliphatic carbocycles. The number of aryl methyl sites for hydroxylation is 2. The molecule has 146 valence electrons. The number of nitrogens with zero attached hydrogens (tertiary/aromatic N) is 3. The van der Waals surface area contributed by atoms with Gasteiger partial charge in [-0.15, -0.1) is 0 Å². The summed E-state index contributed by atoms with van der Waals surface area (Å²) in [6, 6.07) is 7.01. The Bertz CT molecular complexity index is 746. The molecule has 1 aromatic carbocycles. The van der Waals surface area contributed by atoms with E-state index in [1.807, 2.05) is 38.9 Å². The first-order valence-electron chi connectivity index (χ1n) is 9.71. The molecular weight excluding hydrogens is 338 g/mol. The van der Waals surface area contributed by atoms with Gasteiger partial charge in [-0.05, 0) is 62.3 Å². The summed E-state index contributed by atoms with van der Waals surface area (Å²) < 4.78 is 0. The van der Waals surface area contributed by atoms with Gasteiger partial charge in [0.05, 0.1) is 0 Å². The summed E-state index contributed by atoms with van der Waals surface area (Å²) in [5, 5.41) is 17.1. The van der Waals surface area contributed by atoms with Crippen molar-refractivity contribution in [2.24, 2.45) is 0 Å². The van der Waals surface area contributed by atoms with E-state index in [0.717, 1.165) is 49.2 Å². The molecule has 1 fully saturated rings. The Morgan fingerprint density at radius 2 is 1.70 bits per heavy atom. The summed E-state index contributed by atoms with van der Waals surface area (Å²) >= 11 is 0. The zero-order valence-corrected chi connectivity index (χ0v) is 16.8. The van der Waals surface area contributed by atoms with Gasteiger partial charge in [-0.2, -0.15) is 4.98 Å². The molecule has 2 aromatic rings. The molecule has 27 heavy (non-hydrogen) atoms. The maximum absolute atomic E-state index is 9.91. The molecule has 1 saturated carbocycles. The summed E-state index contributed by atoms with van der Waals surface area (Å²) in [6.07, 6.45) is 6.31. The third-order valence-electron chi connectivity index (χ3n) is 5.31. The van der Waals surface area contributed by atoms with Crippen molar-refractivity contribution >= 4 is 11.8 Å². The van der Waals surface area contributed by atoms with Gasteiger partial charge in [0.2, 0.25) is 5.95 Å². The van der Waals surface area contributed by atoms with Crippen LogP contribution in [-0.4, -0.2) is 41.3 Å². The van der Waals surface area contributed by atoms with E-state index >= 15 is 0 Å². The lowest BCUT2D eigenvalue weighted by molar-refractivity contribution is 0.352. The topological polar surface area (TPSA) is 73.3 Å². The van der Waals surface area contributed by atoms with Gasteiger partial charge in [0.15, 0.2) is 0 Å². The average Bonchev–Trinajstić information content (AvgIpc) is 2.65. The minimum Gasteiger partial charge on any atom is -0.507 e. The van der Waals surface area contributed by atoms with E-state index in [9.17, 15) is 5.11 Å². The highest BCUT2D eigenvalue weighted by Gasteiger charge is 2.21. The van der Waals surface area contributed by atoms with E-state index in [1.165, 1.54) is 5.56 Å². The van der Waals surface area contributed by atoms with Crippen molar-refractivity contribution in [1.82, 2.24) is 15.3 Å². The van der Waals surface area contributed by atoms with Crippen LogP contribution in [0.1, 0.15) is 42.4 Å². The number of anilines is 2. The Hall–Kier alpha value is -2.34. The van der Waals surface area contributed by atoms with Gasteiger partial charge in [0.25, 0.3) is 0 Å². The van der Waals surface area contributed by atoms with E-state index in [-0.39, 0.29) is 0 Å². The molecule has 1 aromatic heterocycles.